The van der Waals surface area contributed by atoms with Crippen molar-refractivity contribution in [2.75, 3.05) is 0 Å². The van der Waals surface area contributed by atoms with Crippen LogP contribution in [-0.2, 0) is 10.8 Å². The molecule has 18 aromatic carbocycles. The van der Waals surface area contributed by atoms with Crippen LogP contribution in [0.15, 0.2) is 456 Å². The largest absolute Gasteiger partial charge is 0.247 e. The lowest BCUT2D eigenvalue weighted by Gasteiger charge is -2.39. The molecule has 0 amide bonds. The fraction of sp³-hybridized carbons (Fsp3) is 0.0169. The summed E-state index contributed by atoms with van der Waals surface area (Å²) in [6, 6.07) is 156. The molecule has 128 heavy (non-hydrogen) atoms. The molecule has 0 radical (unpaired) electrons. The van der Waals surface area contributed by atoms with Crippen molar-refractivity contribution in [2.45, 2.75) is 30.4 Å². The van der Waals surface area contributed by atoms with Crippen LogP contribution in [-0.4, -0.2) is 39.9 Å². The van der Waals surface area contributed by atoms with Gasteiger partial charge in [-0.1, -0.05) is 375 Å². The van der Waals surface area contributed by atoms with Gasteiger partial charge in [-0.3, -0.25) is 0 Å². The quantitative estimate of drug-likeness (QED) is 0.123. The fourth-order valence-electron chi connectivity index (χ4n) is 20.2. The third kappa shape index (κ3) is 12.2. The number of pyridine rings is 2. The van der Waals surface area contributed by atoms with Crippen LogP contribution in [0.2, 0.25) is 0 Å². The monoisotopic (exact) mass is 1660 g/mol. The molecule has 4 aliphatic rings. The Labute approximate surface area is 748 Å². The standard InChI is InChI=1S/2C59H36N4S/c1-4-17-37(18-5-1)40-23-16-24-41(33-40)57-61-56(39-21-8-3-9-22-39)62-58(63-57)42-31-32-52-46(34-42)44-36-51-45(35-47(44)55(60-52)38-19-6-2-7-20-38)43-25-10-11-26-48(43)59(51)49-27-12-14-29-53(49)64-54-30-15-13-28-50(54)59;1-4-16-38(17-5-1)55-47-35-45-43-22-10-11-23-48(43)59(49-24-12-14-26-53(49)64-54-27-15-13-25-50(54)59)51(45)36-44(47)46-34-42(32-33-52(46)60-55)37-28-30-41(31-29-37)58-62-56(39-18-6-2-7-19-39)61-57(63-58)40-20-8-3-9-21-40/h2*1-36H. The molecule has 0 fully saturated rings. The zero-order valence-electron chi connectivity index (χ0n) is 69.0. The first-order chi connectivity index (χ1) is 63.4. The molecular weight excluding hydrogens is 1590 g/mol. The van der Waals surface area contributed by atoms with Crippen molar-refractivity contribution < 1.29 is 0 Å². The van der Waals surface area contributed by atoms with E-state index in [4.69, 9.17) is 39.9 Å². The molecular formula is C118H72N8S2. The molecule has 4 aromatic heterocycles. The molecule has 22 aromatic rings. The summed E-state index contributed by atoms with van der Waals surface area (Å²) in [4.78, 5) is 46.5. The first-order valence-corrected chi connectivity index (χ1v) is 44.9. The normalized spacial score (nSPS) is 13.1. The highest BCUT2D eigenvalue weighted by molar-refractivity contribution is 7.99. The van der Waals surface area contributed by atoms with Gasteiger partial charge in [0.15, 0.2) is 34.9 Å². The smallest absolute Gasteiger partial charge is 0.164 e. The molecule has 2 spiro atoms. The van der Waals surface area contributed by atoms with Crippen LogP contribution in [0.5, 0.6) is 0 Å². The number of rotatable bonds is 10. The third-order valence-corrected chi connectivity index (χ3v) is 28.2. The second kappa shape index (κ2) is 30.5. The van der Waals surface area contributed by atoms with E-state index in [1.807, 2.05) is 108 Å². The van der Waals surface area contributed by atoms with Gasteiger partial charge in [0, 0.05) is 85.6 Å². The van der Waals surface area contributed by atoms with Crippen molar-refractivity contribution in [1.82, 2.24) is 39.9 Å². The average molecular weight is 1670 g/mol. The summed E-state index contributed by atoms with van der Waals surface area (Å²) in [6.07, 6.45) is 0. The molecule has 0 unspecified atom stereocenters. The number of nitrogens with zero attached hydrogens (tertiary/aromatic N) is 8. The molecule has 596 valence electrons. The van der Waals surface area contributed by atoms with Gasteiger partial charge >= 0.3 is 0 Å². The van der Waals surface area contributed by atoms with E-state index < -0.39 is 10.8 Å². The molecule has 0 saturated carbocycles. The molecule has 0 saturated heterocycles. The maximum Gasteiger partial charge on any atom is 0.164 e. The molecule has 6 heterocycles. The van der Waals surface area contributed by atoms with Crippen molar-refractivity contribution in [3.05, 3.63) is 481 Å². The predicted octanol–water partition coefficient (Wildman–Crippen LogP) is 29.5. The number of benzene rings is 18. The molecule has 0 N–H and O–H groups in total. The zero-order chi connectivity index (χ0) is 84.4. The molecule has 26 rings (SSSR count). The van der Waals surface area contributed by atoms with E-state index >= 15 is 0 Å². The third-order valence-electron chi connectivity index (χ3n) is 25.9. The second-order valence-corrected chi connectivity index (χ2v) is 35.2. The van der Waals surface area contributed by atoms with Gasteiger partial charge in [0.25, 0.3) is 0 Å². The molecule has 0 bridgehead atoms. The van der Waals surface area contributed by atoms with Gasteiger partial charge < -0.3 is 0 Å². The van der Waals surface area contributed by atoms with Gasteiger partial charge in [-0.2, -0.15) is 0 Å². The minimum atomic E-state index is -0.513. The van der Waals surface area contributed by atoms with Gasteiger partial charge in [0.1, 0.15) is 0 Å². The van der Waals surface area contributed by atoms with Gasteiger partial charge in [0.2, 0.25) is 0 Å². The number of aromatic nitrogens is 8. The SMILES string of the molecule is c1ccc(-c2cccc(-c3nc(-c4ccccc4)nc(-c4ccc5nc(-c6ccccc6)c6cc7c(cc6c5c4)C4(c5ccccc5Sc5ccccc54)c4ccccc4-7)n3)c2)cc1.c1ccc(-c2nc(-c3ccccc3)nc(-c3ccc(-c4ccc5nc(-c6ccccc6)c6cc7c(cc6c5c4)C4(c5ccccc5Sc5ccccc54)c4ccccc4-7)cc3)n2)cc1. The van der Waals surface area contributed by atoms with Crippen LogP contribution in [0.25, 0.3) is 179 Å². The lowest BCUT2D eigenvalue weighted by Crippen LogP contribution is -2.31. The Morgan fingerprint density at radius 3 is 0.812 bits per heavy atom. The van der Waals surface area contributed by atoms with Crippen molar-refractivity contribution in [2.24, 2.45) is 0 Å². The highest BCUT2D eigenvalue weighted by Gasteiger charge is 2.52. The molecule has 2 aliphatic heterocycles. The zero-order valence-corrected chi connectivity index (χ0v) is 70.6. The van der Waals surface area contributed by atoms with E-state index in [1.165, 1.54) is 91.7 Å². The Morgan fingerprint density at radius 1 is 0.148 bits per heavy atom. The number of fused-ring (bicyclic) bond motifs is 24. The Hall–Kier alpha value is -16.0. The van der Waals surface area contributed by atoms with E-state index in [0.717, 1.165) is 116 Å². The molecule has 10 heteroatoms. The van der Waals surface area contributed by atoms with Crippen LogP contribution >= 0.6 is 23.5 Å². The van der Waals surface area contributed by atoms with Crippen molar-refractivity contribution in [3.8, 4) is 135 Å². The van der Waals surface area contributed by atoms with Gasteiger partial charge in [0.05, 0.1) is 33.3 Å². The second-order valence-electron chi connectivity index (χ2n) is 33.0. The first kappa shape index (κ1) is 74.6. The Bertz CT molecular complexity index is 8090. The Kier molecular flexibility index (Phi) is 17.8. The summed E-state index contributed by atoms with van der Waals surface area (Å²) in [6.45, 7) is 0. The van der Waals surface area contributed by atoms with Gasteiger partial charge in [-0.15, -0.1) is 0 Å². The average Bonchev–Trinajstić information content (AvgIpc) is 1.51. The van der Waals surface area contributed by atoms with Gasteiger partial charge in [-0.25, -0.2) is 39.9 Å². The molecule has 8 nitrogen and oxygen atoms in total. The summed E-state index contributed by atoms with van der Waals surface area (Å²) in [5.74, 6) is 3.77. The van der Waals surface area contributed by atoms with Crippen LogP contribution in [0, 0.1) is 0 Å². The van der Waals surface area contributed by atoms with Crippen molar-refractivity contribution >= 4 is 66.9 Å². The lowest BCUT2D eigenvalue weighted by molar-refractivity contribution is 0.723. The van der Waals surface area contributed by atoms with Crippen molar-refractivity contribution in [3.63, 3.8) is 0 Å². The minimum absolute atomic E-state index is 0.482. The van der Waals surface area contributed by atoms with Crippen LogP contribution in [0.3, 0.4) is 0 Å². The van der Waals surface area contributed by atoms with Gasteiger partial charge in [-0.05, 0) is 185 Å². The first-order valence-electron chi connectivity index (χ1n) is 43.3. The maximum atomic E-state index is 5.48. The summed E-state index contributed by atoms with van der Waals surface area (Å²) in [5.41, 5.74) is 30.6. The van der Waals surface area contributed by atoms with Crippen LogP contribution in [0.1, 0.15) is 44.5 Å². The van der Waals surface area contributed by atoms with E-state index in [9.17, 15) is 0 Å². The van der Waals surface area contributed by atoms with E-state index in [2.05, 4.69) is 352 Å². The van der Waals surface area contributed by atoms with E-state index in [-0.39, 0.29) is 0 Å². The summed E-state index contributed by atoms with van der Waals surface area (Å²) < 4.78 is 0. The molecule has 0 atom stereocenters. The summed E-state index contributed by atoms with van der Waals surface area (Å²) in [7, 11) is 0. The number of hydrogen-bond donors (Lipinski definition) is 0. The Morgan fingerprint density at radius 2 is 0.414 bits per heavy atom. The summed E-state index contributed by atoms with van der Waals surface area (Å²) in [5, 5.41) is 6.73. The highest BCUT2D eigenvalue weighted by atomic mass is 32.2. The summed E-state index contributed by atoms with van der Waals surface area (Å²) >= 11 is 3.74. The van der Waals surface area contributed by atoms with Crippen molar-refractivity contribution in [1.29, 1.82) is 0 Å². The van der Waals surface area contributed by atoms with Crippen LogP contribution < -0.4 is 0 Å². The van der Waals surface area contributed by atoms with E-state index in [0.29, 0.717) is 34.9 Å². The minimum Gasteiger partial charge on any atom is -0.247 e. The Balaban J connectivity index is 0.000000139. The van der Waals surface area contributed by atoms with E-state index in [1.54, 1.807) is 0 Å². The number of hydrogen-bond acceptors (Lipinski definition) is 10. The highest BCUT2D eigenvalue weighted by Crippen LogP contribution is 2.65. The lowest BCUT2D eigenvalue weighted by atomic mass is 9.67. The topological polar surface area (TPSA) is 103 Å². The maximum absolute atomic E-state index is 5.48. The van der Waals surface area contributed by atoms with Crippen LogP contribution in [0.4, 0.5) is 0 Å². The predicted molar refractivity (Wildman–Crippen MR) is 522 cm³/mol. The fourth-order valence-corrected chi connectivity index (χ4v) is 22.6. The molecule has 2 aliphatic carbocycles.